The lowest BCUT2D eigenvalue weighted by Gasteiger charge is -2.11. The lowest BCUT2D eigenvalue weighted by atomic mass is 10.1. The predicted molar refractivity (Wildman–Crippen MR) is 77.5 cm³/mol. The zero-order valence-corrected chi connectivity index (χ0v) is 11.5. The molecule has 0 spiro atoms. The highest BCUT2D eigenvalue weighted by molar-refractivity contribution is 7.09. The smallest absolute Gasteiger partial charge is 0.133 e. The fraction of sp³-hybridized carbons (Fsp3) is 0.214. The lowest BCUT2D eigenvalue weighted by Crippen LogP contribution is -2.14. The van der Waals surface area contributed by atoms with E-state index in [9.17, 15) is 0 Å². The van der Waals surface area contributed by atoms with Crippen LogP contribution in [0.3, 0.4) is 0 Å². The number of nitrogens with two attached hydrogens (primary N) is 1. The number of rotatable bonds is 6. The van der Waals surface area contributed by atoms with Crippen molar-refractivity contribution in [3.8, 4) is 11.5 Å². The maximum absolute atomic E-state index is 7.54. The summed E-state index contributed by atoms with van der Waals surface area (Å²) in [6.07, 6.45) is 0.840. The predicted octanol–water partition coefficient (Wildman–Crippen LogP) is 2.66. The Hall–Kier alpha value is -2.01. The molecule has 0 aliphatic carbocycles. The quantitative estimate of drug-likeness (QED) is 0.629. The average Bonchev–Trinajstić information content (AvgIpc) is 2.91. The molecular formula is C14H16N2O2S. The van der Waals surface area contributed by atoms with E-state index >= 15 is 0 Å². The van der Waals surface area contributed by atoms with Gasteiger partial charge >= 0.3 is 0 Å². The normalized spacial score (nSPS) is 10.2. The van der Waals surface area contributed by atoms with Crippen LogP contribution in [-0.4, -0.2) is 19.6 Å². The third-order valence-electron chi connectivity index (χ3n) is 2.67. The molecule has 0 fully saturated rings. The number of ether oxygens (including phenoxy) is 2. The summed E-state index contributed by atoms with van der Waals surface area (Å²) in [5, 5.41) is 9.58. The first-order valence-corrected chi connectivity index (χ1v) is 6.76. The highest BCUT2D eigenvalue weighted by Crippen LogP contribution is 2.24. The second-order valence-corrected chi connectivity index (χ2v) is 4.99. The van der Waals surface area contributed by atoms with Crippen molar-refractivity contribution in [2.24, 2.45) is 5.73 Å². The molecule has 1 heterocycles. The summed E-state index contributed by atoms with van der Waals surface area (Å²) in [6.45, 7) is 0.550. The summed E-state index contributed by atoms with van der Waals surface area (Å²) in [5.41, 5.74) is 6.13. The van der Waals surface area contributed by atoms with Crippen LogP contribution in [0.25, 0.3) is 0 Å². The molecule has 1 aromatic heterocycles. The van der Waals surface area contributed by atoms with Crippen molar-refractivity contribution >= 4 is 17.2 Å². The van der Waals surface area contributed by atoms with Gasteiger partial charge in [0.05, 0.1) is 19.3 Å². The Morgan fingerprint density at radius 3 is 2.84 bits per heavy atom. The van der Waals surface area contributed by atoms with Gasteiger partial charge in [0.25, 0.3) is 0 Å². The van der Waals surface area contributed by atoms with E-state index in [0.717, 1.165) is 6.42 Å². The van der Waals surface area contributed by atoms with E-state index in [0.29, 0.717) is 23.7 Å². The van der Waals surface area contributed by atoms with Crippen LogP contribution in [0.2, 0.25) is 0 Å². The Morgan fingerprint density at radius 2 is 2.21 bits per heavy atom. The van der Waals surface area contributed by atoms with Crippen LogP contribution in [0.5, 0.6) is 11.5 Å². The molecule has 1 aromatic carbocycles. The minimum Gasteiger partial charge on any atom is -0.497 e. The molecule has 0 aliphatic heterocycles. The van der Waals surface area contributed by atoms with Crippen LogP contribution < -0.4 is 15.2 Å². The topological polar surface area (TPSA) is 68.3 Å². The second-order valence-electron chi connectivity index (χ2n) is 3.95. The van der Waals surface area contributed by atoms with E-state index in [2.05, 4.69) is 6.07 Å². The summed E-state index contributed by atoms with van der Waals surface area (Å²) in [5.74, 6) is 1.27. The highest BCUT2D eigenvalue weighted by atomic mass is 32.1. The standard InChI is InChI=1S/C14H16N2O2S/c1-17-10-4-5-12(14(15)16)13(9-10)18-7-6-11-3-2-8-19-11/h2-5,8-9H,6-7H2,1H3,(H3,15,16). The van der Waals surface area contributed by atoms with Gasteiger partial charge in [-0.15, -0.1) is 11.3 Å². The number of nitrogens with one attached hydrogen (secondary N) is 1. The number of thiophene rings is 1. The zero-order chi connectivity index (χ0) is 13.7. The van der Waals surface area contributed by atoms with Crippen LogP contribution in [0, 0.1) is 5.41 Å². The number of nitrogen functional groups attached to an aromatic ring is 1. The number of benzene rings is 1. The van der Waals surface area contributed by atoms with Crippen LogP contribution >= 0.6 is 11.3 Å². The van der Waals surface area contributed by atoms with E-state index in [-0.39, 0.29) is 5.84 Å². The number of amidine groups is 1. The molecule has 2 aromatic rings. The zero-order valence-electron chi connectivity index (χ0n) is 10.7. The molecule has 0 unspecified atom stereocenters. The average molecular weight is 276 g/mol. The van der Waals surface area contributed by atoms with Crippen molar-refractivity contribution in [1.29, 1.82) is 5.41 Å². The highest BCUT2D eigenvalue weighted by Gasteiger charge is 2.08. The van der Waals surface area contributed by atoms with Crippen molar-refractivity contribution in [3.63, 3.8) is 0 Å². The molecule has 0 saturated heterocycles. The minimum absolute atomic E-state index is 0.00576. The number of methoxy groups -OCH3 is 1. The van der Waals surface area contributed by atoms with Crippen molar-refractivity contribution in [2.45, 2.75) is 6.42 Å². The summed E-state index contributed by atoms with van der Waals surface area (Å²) in [4.78, 5) is 1.27. The molecule has 0 aliphatic rings. The van der Waals surface area contributed by atoms with Crippen molar-refractivity contribution in [2.75, 3.05) is 13.7 Å². The Balaban J connectivity index is 2.06. The SMILES string of the molecule is COc1ccc(C(=N)N)c(OCCc2cccs2)c1. The van der Waals surface area contributed by atoms with Crippen molar-refractivity contribution in [1.82, 2.24) is 0 Å². The Kier molecular flexibility index (Phi) is 4.41. The van der Waals surface area contributed by atoms with Gasteiger partial charge in [0.2, 0.25) is 0 Å². The van der Waals surface area contributed by atoms with E-state index in [1.165, 1.54) is 4.88 Å². The van der Waals surface area contributed by atoms with E-state index < -0.39 is 0 Å². The molecule has 0 amide bonds. The molecule has 0 atom stereocenters. The monoisotopic (exact) mass is 276 g/mol. The summed E-state index contributed by atoms with van der Waals surface area (Å²) < 4.78 is 10.9. The van der Waals surface area contributed by atoms with Gasteiger partial charge < -0.3 is 15.2 Å². The van der Waals surface area contributed by atoms with Crippen molar-refractivity contribution < 1.29 is 9.47 Å². The maximum Gasteiger partial charge on any atom is 0.133 e. The molecule has 2 rings (SSSR count). The van der Waals surface area contributed by atoms with Crippen LogP contribution in [0.15, 0.2) is 35.7 Å². The lowest BCUT2D eigenvalue weighted by molar-refractivity contribution is 0.319. The van der Waals surface area contributed by atoms with Gasteiger partial charge in [0, 0.05) is 17.4 Å². The first-order chi connectivity index (χ1) is 9.20. The molecule has 3 N–H and O–H groups in total. The fourth-order valence-electron chi connectivity index (χ4n) is 1.69. The largest absolute Gasteiger partial charge is 0.497 e. The molecule has 0 saturated carbocycles. The summed E-state index contributed by atoms with van der Waals surface area (Å²) in [7, 11) is 1.60. The van der Waals surface area contributed by atoms with E-state index in [1.54, 1.807) is 36.6 Å². The van der Waals surface area contributed by atoms with Gasteiger partial charge in [0.15, 0.2) is 0 Å². The van der Waals surface area contributed by atoms with Gasteiger partial charge in [-0.2, -0.15) is 0 Å². The maximum atomic E-state index is 7.54. The van der Waals surface area contributed by atoms with Gasteiger partial charge in [-0.25, -0.2) is 0 Å². The van der Waals surface area contributed by atoms with Crippen LogP contribution in [-0.2, 0) is 6.42 Å². The van der Waals surface area contributed by atoms with Crippen LogP contribution in [0.4, 0.5) is 0 Å². The summed E-state index contributed by atoms with van der Waals surface area (Å²) >= 11 is 1.70. The molecule has 0 radical (unpaired) electrons. The van der Waals surface area contributed by atoms with Crippen molar-refractivity contribution in [3.05, 3.63) is 46.2 Å². The third-order valence-corrected chi connectivity index (χ3v) is 3.60. The molecule has 5 heteroatoms. The minimum atomic E-state index is -0.00576. The second kappa shape index (κ2) is 6.24. The molecule has 100 valence electrons. The van der Waals surface area contributed by atoms with Crippen LogP contribution in [0.1, 0.15) is 10.4 Å². The van der Waals surface area contributed by atoms with E-state index in [1.807, 2.05) is 11.4 Å². The Morgan fingerprint density at radius 1 is 1.37 bits per heavy atom. The first-order valence-electron chi connectivity index (χ1n) is 5.88. The van der Waals surface area contributed by atoms with Gasteiger partial charge in [0.1, 0.15) is 17.3 Å². The molecule has 0 bridgehead atoms. The first kappa shape index (κ1) is 13.4. The molecule has 19 heavy (non-hydrogen) atoms. The van der Waals surface area contributed by atoms with Gasteiger partial charge in [-0.1, -0.05) is 6.07 Å². The summed E-state index contributed by atoms with van der Waals surface area (Å²) in [6, 6.07) is 9.35. The third kappa shape index (κ3) is 3.48. The molecule has 4 nitrogen and oxygen atoms in total. The van der Waals surface area contributed by atoms with E-state index in [4.69, 9.17) is 20.6 Å². The van der Waals surface area contributed by atoms with Gasteiger partial charge in [-0.05, 0) is 23.6 Å². The number of hydrogen-bond acceptors (Lipinski definition) is 4. The van der Waals surface area contributed by atoms with Gasteiger partial charge in [-0.3, -0.25) is 5.41 Å². The molecular weight excluding hydrogens is 260 g/mol. The number of hydrogen-bond donors (Lipinski definition) is 2. The fourth-order valence-corrected chi connectivity index (χ4v) is 2.38. The Bertz CT molecular complexity index is 553. The Labute approximate surface area is 116 Å².